The molecule has 0 atom stereocenters. The largest absolute Gasteiger partial charge is 0.496 e. The minimum atomic E-state index is -0.0546. The Bertz CT molecular complexity index is 334. The van der Waals surface area contributed by atoms with Crippen LogP contribution in [0, 0.1) is 6.92 Å². The van der Waals surface area contributed by atoms with E-state index < -0.39 is 0 Å². The van der Waals surface area contributed by atoms with Crippen molar-refractivity contribution in [3.63, 3.8) is 0 Å². The summed E-state index contributed by atoms with van der Waals surface area (Å²) in [4.78, 5) is 0. The van der Waals surface area contributed by atoms with Crippen LogP contribution < -0.4 is 10.5 Å². The van der Waals surface area contributed by atoms with Gasteiger partial charge in [-0.3, -0.25) is 0 Å². The minimum Gasteiger partial charge on any atom is -0.496 e. The fraction of sp³-hybridized carbons (Fsp3) is 0.455. The lowest BCUT2D eigenvalue weighted by Crippen LogP contribution is -2.18. The first kappa shape index (κ1) is 11.3. The Balaban J connectivity index is 0.000000980. The van der Waals surface area contributed by atoms with Gasteiger partial charge in [-0.15, -0.1) is 12.4 Å². The summed E-state index contributed by atoms with van der Waals surface area (Å²) in [6.45, 7) is 2.04. The normalized spacial score (nSPS) is 17.1. The molecule has 3 heteroatoms. The van der Waals surface area contributed by atoms with E-state index in [0.717, 1.165) is 24.2 Å². The Labute approximate surface area is 90.9 Å². The number of rotatable bonds is 2. The van der Waals surface area contributed by atoms with Crippen LogP contribution in [0.3, 0.4) is 0 Å². The van der Waals surface area contributed by atoms with Crippen molar-refractivity contribution in [1.29, 1.82) is 0 Å². The van der Waals surface area contributed by atoms with Crippen molar-refractivity contribution in [3.05, 3.63) is 29.3 Å². The van der Waals surface area contributed by atoms with Crippen molar-refractivity contribution in [2.24, 2.45) is 5.73 Å². The minimum absolute atomic E-state index is 0. The Morgan fingerprint density at radius 2 is 2.00 bits per heavy atom. The topological polar surface area (TPSA) is 35.2 Å². The van der Waals surface area contributed by atoms with E-state index >= 15 is 0 Å². The van der Waals surface area contributed by atoms with Crippen molar-refractivity contribution >= 4 is 12.4 Å². The average molecular weight is 214 g/mol. The van der Waals surface area contributed by atoms with Crippen LogP contribution >= 0.6 is 12.4 Å². The van der Waals surface area contributed by atoms with Crippen molar-refractivity contribution in [1.82, 2.24) is 0 Å². The van der Waals surface area contributed by atoms with Gasteiger partial charge in [-0.05, 0) is 37.0 Å². The van der Waals surface area contributed by atoms with Crippen LogP contribution in [0.4, 0.5) is 0 Å². The molecule has 0 saturated heterocycles. The van der Waals surface area contributed by atoms with E-state index in [0.29, 0.717) is 0 Å². The van der Waals surface area contributed by atoms with Gasteiger partial charge in [-0.25, -0.2) is 0 Å². The fourth-order valence-electron chi connectivity index (χ4n) is 1.55. The van der Waals surface area contributed by atoms with Crippen LogP contribution in [0.25, 0.3) is 0 Å². The highest BCUT2D eigenvalue weighted by Gasteiger charge is 2.40. The molecule has 1 aliphatic carbocycles. The predicted molar refractivity (Wildman–Crippen MR) is 60.1 cm³/mol. The lowest BCUT2D eigenvalue weighted by Gasteiger charge is -2.12. The number of hydrogen-bond donors (Lipinski definition) is 1. The summed E-state index contributed by atoms with van der Waals surface area (Å²) in [5, 5.41) is 0. The van der Waals surface area contributed by atoms with E-state index in [9.17, 15) is 0 Å². The Morgan fingerprint density at radius 3 is 2.50 bits per heavy atom. The van der Waals surface area contributed by atoms with Gasteiger partial charge in [0.2, 0.25) is 0 Å². The first-order valence-electron chi connectivity index (χ1n) is 4.60. The van der Waals surface area contributed by atoms with Gasteiger partial charge in [-0.2, -0.15) is 0 Å². The summed E-state index contributed by atoms with van der Waals surface area (Å²) < 4.78 is 5.25. The molecule has 1 aliphatic rings. The SMILES string of the molecule is COc1cc(C2(N)CC2)ccc1C.Cl. The second-order valence-electron chi connectivity index (χ2n) is 3.84. The van der Waals surface area contributed by atoms with E-state index in [2.05, 4.69) is 18.2 Å². The van der Waals surface area contributed by atoms with Crippen LogP contribution in [0.15, 0.2) is 18.2 Å². The van der Waals surface area contributed by atoms with Gasteiger partial charge in [-0.1, -0.05) is 12.1 Å². The summed E-state index contributed by atoms with van der Waals surface area (Å²) in [6, 6.07) is 6.23. The number of methoxy groups -OCH3 is 1. The molecule has 78 valence electrons. The molecule has 1 aromatic carbocycles. The molecule has 1 fully saturated rings. The molecule has 0 amide bonds. The Kier molecular flexibility index (Phi) is 3.07. The van der Waals surface area contributed by atoms with Crippen LogP contribution in [-0.4, -0.2) is 7.11 Å². The maximum absolute atomic E-state index is 6.09. The summed E-state index contributed by atoms with van der Waals surface area (Å²) in [5.41, 5.74) is 8.40. The third-order valence-electron chi connectivity index (χ3n) is 2.77. The maximum Gasteiger partial charge on any atom is 0.122 e. The third-order valence-corrected chi connectivity index (χ3v) is 2.77. The molecule has 14 heavy (non-hydrogen) atoms. The fourth-order valence-corrected chi connectivity index (χ4v) is 1.55. The molecular weight excluding hydrogens is 198 g/mol. The number of ether oxygens (including phenoxy) is 1. The van der Waals surface area contributed by atoms with E-state index in [1.807, 2.05) is 6.92 Å². The zero-order valence-electron chi connectivity index (χ0n) is 8.54. The molecule has 0 aromatic heterocycles. The monoisotopic (exact) mass is 213 g/mol. The number of aryl methyl sites for hydroxylation is 1. The van der Waals surface area contributed by atoms with E-state index in [4.69, 9.17) is 10.5 Å². The standard InChI is InChI=1S/C11H15NO.ClH/c1-8-3-4-9(7-10(8)13-2)11(12)5-6-11;/h3-4,7H,5-6,12H2,1-2H3;1H. The lowest BCUT2D eigenvalue weighted by atomic mass is 10.0. The van der Waals surface area contributed by atoms with Crippen molar-refractivity contribution in [2.75, 3.05) is 7.11 Å². The van der Waals surface area contributed by atoms with E-state index in [1.54, 1.807) is 7.11 Å². The second kappa shape index (κ2) is 3.79. The number of nitrogens with two attached hydrogens (primary N) is 1. The zero-order chi connectivity index (χ0) is 9.47. The molecule has 0 aliphatic heterocycles. The molecular formula is C11H16ClNO. The first-order valence-corrected chi connectivity index (χ1v) is 4.60. The molecule has 0 heterocycles. The van der Waals surface area contributed by atoms with Crippen LogP contribution in [0.2, 0.25) is 0 Å². The van der Waals surface area contributed by atoms with Gasteiger partial charge in [0, 0.05) is 5.54 Å². The lowest BCUT2D eigenvalue weighted by molar-refractivity contribution is 0.410. The summed E-state index contributed by atoms with van der Waals surface area (Å²) in [5.74, 6) is 0.939. The van der Waals surface area contributed by atoms with Gasteiger partial charge in [0.1, 0.15) is 5.75 Å². The molecule has 1 saturated carbocycles. The Hall–Kier alpha value is -0.730. The van der Waals surface area contributed by atoms with Crippen molar-refractivity contribution < 1.29 is 4.74 Å². The summed E-state index contributed by atoms with van der Waals surface area (Å²) in [6.07, 6.45) is 2.19. The smallest absolute Gasteiger partial charge is 0.122 e. The van der Waals surface area contributed by atoms with E-state index in [1.165, 1.54) is 5.56 Å². The van der Waals surface area contributed by atoms with Crippen LogP contribution in [0.5, 0.6) is 5.75 Å². The van der Waals surface area contributed by atoms with Crippen LogP contribution in [0.1, 0.15) is 24.0 Å². The zero-order valence-corrected chi connectivity index (χ0v) is 9.36. The number of benzene rings is 1. The molecule has 0 spiro atoms. The third kappa shape index (κ3) is 1.86. The molecule has 2 N–H and O–H groups in total. The van der Waals surface area contributed by atoms with Gasteiger partial charge in [0.25, 0.3) is 0 Å². The maximum atomic E-state index is 6.09. The Morgan fingerprint density at radius 1 is 1.36 bits per heavy atom. The highest BCUT2D eigenvalue weighted by atomic mass is 35.5. The quantitative estimate of drug-likeness (QED) is 0.819. The predicted octanol–water partition coefficient (Wildman–Crippen LogP) is 2.37. The van der Waals surface area contributed by atoms with Gasteiger partial charge < -0.3 is 10.5 Å². The van der Waals surface area contributed by atoms with Gasteiger partial charge in [0.15, 0.2) is 0 Å². The summed E-state index contributed by atoms with van der Waals surface area (Å²) in [7, 11) is 1.70. The van der Waals surface area contributed by atoms with Gasteiger partial charge >= 0.3 is 0 Å². The summed E-state index contributed by atoms with van der Waals surface area (Å²) >= 11 is 0. The van der Waals surface area contributed by atoms with Gasteiger partial charge in [0.05, 0.1) is 7.11 Å². The van der Waals surface area contributed by atoms with E-state index in [-0.39, 0.29) is 17.9 Å². The molecule has 2 rings (SSSR count). The second-order valence-corrected chi connectivity index (χ2v) is 3.84. The average Bonchev–Trinajstić information content (AvgIpc) is 2.86. The molecule has 0 bridgehead atoms. The highest BCUT2D eigenvalue weighted by molar-refractivity contribution is 5.85. The van der Waals surface area contributed by atoms with Crippen LogP contribution in [-0.2, 0) is 5.54 Å². The highest BCUT2D eigenvalue weighted by Crippen LogP contribution is 2.43. The number of hydrogen-bond acceptors (Lipinski definition) is 2. The molecule has 0 unspecified atom stereocenters. The molecule has 2 nitrogen and oxygen atoms in total. The first-order chi connectivity index (χ1) is 6.15. The van der Waals surface area contributed by atoms with Crippen molar-refractivity contribution in [2.45, 2.75) is 25.3 Å². The van der Waals surface area contributed by atoms with Crippen molar-refractivity contribution in [3.8, 4) is 5.75 Å². The molecule has 0 radical (unpaired) electrons. The number of halogens is 1. The molecule has 1 aromatic rings.